The Kier molecular flexibility index (Phi) is 3.52. The zero-order valence-electron chi connectivity index (χ0n) is 11.0. The van der Waals surface area contributed by atoms with Crippen LogP contribution in [0.1, 0.15) is 18.5 Å². The Morgan fingerprint density at radius 1 is 1.40 bits per heavy atom. The Morgan fingerprint density at radius 3 is 2.95 bits per heavy atom. The van der Waals surface area contributed by atoms with Crippen molar-refractivity contribution in [2.75, 3.05) is 6.54 Å². The van der Waals surface area contributed by atoms with Crippen LogP contribution >= 0.6 is 0 Å². The van der Waals surface area contributed by atoms with E-state index < -0.39 is 12.0 Å². The van der Waals surface area contributed by atoms with Gasteiger partial charge in [0, 0.05) is 12.1 Å². The predicted octanol–water partition coefficient (Wildman–Crippen LogP) is 2.39. The van der Waals surface area contributed by atoms with Crippen LogP contribution in [-0.4, -0.2) is 33.5 Å². The minimum absolute atomic E-state index is 0.396. The molecule has 0 aliphatic carbocycles. The summed E-state index contributed by atoms with van der Waals surface area (Å²) in [5.41, 5.74) is 1.70. The van der Waals surface area contributed by atoms with Crippen molar-refractivity contribution in [1.82, 2.24) is 9.88 Å². The number of carbonyl (C=O) groups is 1. The highest BCUT2D eigenvalue weighted by atomic mass is 16.4. The van der Waals surface area contributed by atoms with Crippen LogP contribution in [0.25, 0.3) is 11.5 Å². The topological polar surface area (TPSA) is 66.6 Å². The van der Waals surface area contributed by atoms with Gasteiger partial charge < -0.3 is 9.52 Å². The van der Waals surface area contributed by atoms with Crippen LogP contribution in [0.2, 0.25) is 0 Å². The van der Waals surface area contributed by atoms with Crippen molar-refractivity contribution in [3.63, 3.8) is 0 Å². The molecule has 1 N–H and O–H groups in total. The fraction of sp³-hybridized carbons (Fsp3) is 0.333. The van der Waals surface area contributed by atoms with Gasteiger partial charge in [0.2, 0.25) is 5.89 Å². The van der Waals surface area contributed by atoms with Gasteiger partial charge in [-0.05, 0) is 31.5 Å². The summed E-state index contributed by atoms with van der Waals surface area (Å²) < 4.78 is 5.47. The number of oxazole rings is 1. The summed E-state index contributed by atoms with van der Waals surface area (Å²) in [7, 11) is 0. The van der Waals surface area contributed by atoms with Crippen molar-refractivity contribution in [3.05, 3.63) is 42.3 Å². The van der Waals surface area contributed by atoms with E-state index in [0.29, 0.717) is 18.9 Å². The lowest BCUT2D eigenvalue weighted by molar-refractivity contribution is -0.142. The van der Waals surface area contributed by atoms with E-state index >= 15 is 0 Å². The average molecular weight is 272 g/mol. The highest BCUT2D eigenvalue weighted by Gasteiger charge is 2.30. The second-order valence-electron chi connectivity index (χ2n) is 4.98. The van der Waals surface area contributed by atoms with Crippen molar-refractivity contribution in [2.45, 2.75) is 25.4 Å². The molecule has 0 bridgehead atoms. The van der Waals surface area contributed by atoms with Crippen LogP contribution in [0.5, 0.6) is 0 Å². The first-order chi connectivity index (χ1) is 9.74. The maximum Gasteiger partial charge on any atom is 0.320 e. The molecule has 1 fully saturated rings. The molecule has 5 heteroatoms. The van der Waals surface area contributed by atoms with Crippen molar-refractivity contribution in [3.8, 4) is 11.5 Å². The summed E-state index contributed by atoms with van der Waals surface area (Å²) in [4.78, 5) is 17.5. The summed E-state index contributed by atoms with van der Waals surface area (Å²) >= 11 is 0. The van der Waals surface area contributed by atoms with E-state index in [1.54, 1.807) is 6.26 Å². The highest BCUT2D eigenvalue weighted by molar-refractivity contribution is 5.73. The van der Waals surface area contributed by atoms with Crippen molar-refractivity contribution in [1.29, 1.82) is 0 Å². The number of aliphatic carboxylic acids is 1. The first-order valence-corrected chi connectivity index (χ1v) is 6.71. The largest absolute Gasteiger partial charge is 0.480 e. The van der Waals surface area contributed by atoms with E-state index in [-0.39, 0.29) is 0 Å². The van der Waals surface area contributed by atoms with Crippen LogP contribution in [0.4, 0.5) is 0 Å². The van der Waals surface area contributed by atoms with E-state index in [0.717, 1.165) is 24.2 Å². The van der Waals surface area contributed by atoms with E-state index in [4.69, 9.17) is 9.52 Å². The third-order valence-electron chi connectivity index (χ3n) is 3.59. The number of rotatable bonds is 4. The van der Waals surface area contributed by atoms with Crippen molar-refractivity contribution in [2.24, 2.45) is 0 Å². The quantitative estimate of drug-likeness (QED) is 0.925. The molecule has 0 amide bonds. The van der Waals surface area contributed by atoms with Crippen LogP contribution in [0, 0.1) is 0 Å². The Bertz CT molecular complexity index is 594. The summed E-state index contributed by atoms with van der Waals surface area (Å²) in [5.74, 6) is -0.180. The van der Waals surface area contributed by atoms with Gasteiger partial charge in [0.05, 0.1) is 5.69 Å². The lowest BCUT2D eigenvalue weighted by atomic mass is 10.2. The molecule has 1 saturated heterocycles. The highest BCUT2D eigenvalue weighted by Crippen LogP contribution is 2.22. The number of carboxylic acids is 1. The molecule has 1 aromatic carbocycles. The molecule has 0 unspecified atom stereocenters. The molecule has 0 saturated carbocycles. The van der Waals surface area contributed by atoms with Crippen molar-refractivity contribution < 1.29 is 14.3 Å². The molecule has 1 atom stereocenters. The summed E-state index contributed by atoms with van der Waals surface area (Å²) in [6, 6.07) is 9.28. The molecule has 1 aliphatic heterocycles. The van der Waals surface area contributed by atoms with Crippen molar-refractivity contribution >= 4 is 5.97 Å². The molecule has 3 rings (SSSR count). The lowest BCUT2D eigenvalue weighted by Crippen LogP contribution is -2.35. The SMILES string of the molecule is O=C(O)[C@H]1CCCN1Cc1coc(-c2ccccc2)n1. The predicted molar refractivity (Wildman–Crippen MR) is 73.0 cm³/mol. The van der Waals surface area contributed by atoms with Gasteiger partial charge in [-0.3, -0.25) is 9.69 Å². The zero-order valence-corrected chi connectivity index (χ0v) is 11.0. The summed E-state index contributed by atoms with van der Waals surface area (Å²) in [6.07, 6.45) is 3.23. The third kappa shape index (κ3) is 2.58. The van der Waals surface area contributed by atoms with Crippen LogP contribution in [-0.2, 0) is 11.3 Å². The van der Waals surface area contributed by atoms with Gasteiger partial charge in [0.1, 0.15) is 12.3 Å². The third-order valence-corrected chi connectivity index (χ3v) is 3.59. The number of likely N-dealkylation sites (tertiary alicyclic amines) is 1. The van der Waals surface area contributed by atoms with Crippen LogP contribution in [0.15, 0.2) is 41.0 Å². The number of carboxylic acid groups (broad SMARTS) is 1. The first kappa shape index (κ1) is 12.9. The standard InChI is InChI=1S/C15H16N2O3/c18-15(19)13-7-4-8-17(13)9-12-10-20-14(16-12)11-5-2-1-3-6-11/h1-3,5-6,10,13H,4,7-9H2,(H,18,19)/t13-/m1/s1. The molecule has 1 aromatic heterocycles. The Balaban J connectivity index is 1.73. The first-order valence-electron chi connectivity index (χ1n) is 6.71. The van der Waals surface area contributed by atoms with E-state index in [9.17, 15) is 4.79 Å². The van der Waals surface area contributed by atoms with Gasteiger partial charge in [-0.1, -0.05) is 18.2 Å². The minimum atomic E-state index is -0.755. The van der Waals surface area contributed by atoms with Gasteiger partial charge in [-0.15, -0.1) is 0 Å². The monoisotopic (exact) mass is 272 g/mol. The van der Waals surface area contributed by atoms with Crippen LogP contribution in [0.3, 0.4) is 0 Å². The van der Waals surface area contributed by atoms with Gasteiger partial charge in [-0.25, -0.2) is 4.98 Å². The molecule has 5 nitrogen and oxygen atoms in total. The Morgan fingerprint density at radius 2 is 2.20 bits per heavy atom. The number of hydrogen-bond acceptors (Lipinski definition) is 4. The molecule has 0 radical (unpaired) electrons. The number of benzene rings is 1. The zero-order chi connectivity index (χ0) is 13.9. The van der Waals surface area contributed by atoms with E-state index in [2.05, 4.69) is 4.98 Å². The normalized spacial score (nSPS) is 19.3. The van der Waals surface area contributed by atoms with Gasteiger partial charge in [0.25, 0.3) is 0 Å². The molecular weight excluding hydrogens is 256 g/mol. The number of hydrogen-bond donors (Lipinski definition) is 1. The van der Waals surface area contributed by atoms with Gasteiger partial charge in [0.15, 0.2) is 0 Å². The molecule has 1 aliphatic rings. The molecular formula is C15H16N2O3. The maximum atomic E-state index is 11.1. The second-order valence-corrected chi connectivity index (χ2v) is 4.98. The minimum Gasteiger partial charge on any atom is -0.480 e. The molecule has 104 valence electrons. The Labute approximate surface area is 116 Å². The molecule has 0 spiro atoms. The van der Waals surface area contributed by atoms with Crippen LogP contribution < -0.4 is 0 Å². The smallest absolute Gasteiger partial charge is 0.320 e. The summed E-state index contributed by atoms with van der Waals surface area (Å²) in [5, 5.41) is 9.16. The fourth-order valence-electron chi connectivity index (χ4n) is 2.60. The van der Waals surface area contributed by atoms with E-state index in [1.165, 1.54) is 0 Å². The number of nitrogens with zero attached hydrogens (tertiary/aromatic N) is 2. The lowest BCUT2D eigenvalue weighted by Gasteiger charge is -2.19. The fourth-order valence-corrected chi connectivity index (χ4v) is 2.60. The molecule has 2 aromatic rings. The maximum absolute atomic E-state index is 11.1. The molecule has 20 heavy (non-hydrogen) atoms. The van der Waals surface area contributed by atoms with Gasteiger partial charge >= 0.3 is 5.97 Å². The average Bonchev–Trinajstić information content (AvgIpc) is 3.09. The number of aromatic nitrogens is 1. The van der Waals surface area contributed by atoms with E-state index in [1.807, 2.05) is 35.2 Å². The van der Waals surface area contributed by atoms with Gasteiger partial charge in [-0.2, -0.15) is 0 Å². The Hall–Kier alpha value is -2.14. The second kappa shape index (κ2) is 5.46. The summed E-state index contributed by atoms with van der Waals surface area (Å²) in [6.45, 7) is 1.32. The molecule has 2 heterocycles.